The Labute approximate surface area is 271 Å². The van der Waals surface area contributed by atoms with Crippen molar-refractivity contribution in [3.05, 3.63) is 168 Å². The third kappa shape index (κ3) is 4.70. The van der Waals surface area contributed by atoms with Gasteiger partial charge in [-0.15, -0.1) is 0 Å². The van der Waals surface area contributed by atoms with Crippen LogP contribution >= 0.6 is 0 Å². The summed E-state index contributed by atoms with van der Waals surface area (Å²) < 4.78 is 0. The molecule has 46 heavy (non-hydrogen) atoms. The van der Waals surface area contributed by atoms with Crippen molar-refractivity contribution in [1.29, 1.82) is 0 Å². The maximum Gasteiger partial charge on any atom is -0.00197 e. The van der Waals surface area contributed by atoms with E-state index in [-0.39, 0.29) is 0 Å². The van der Waals surface area contributed by atoms with Crippen molar-refractivity contribution in [2.45, 2.75) is 27.7 Å². The summed E-state index contributed by atoms with van der Waals surface area (Å²) in [5.41, 5.74) is 15.3. The fourth-order valence-electron chi connectivity index (χ4n) is 7.14. The fourth-order valence-corrected chi connectivity index (χ4v) is 7.14. The van der Waals surface area contributed by atoms with Gasteiger partial charge < -0.3 is 0 Å². The van der Waals surface area contributed by atoms with E-state index < -0.39 is 0 Å². The van der Waals surface area contributed by atoms with Crippen molar-refractivity contribution in [1.82, 2.24) is 0 Å². The zero-order valence-electron chi connectivity index (χ0n) is 26.9. The molecule has 0 atom stereocenters. The second-order valence-corrected chi connectivity index (χ2v) is 12.8. The first-order valence-electron chi connectivity index (χ1n) is 16.2. The number of hydrogen-bond donors (Lipinski definition) is 0. The minimum Gasteiger partial charge on any atom is -0.0622 e. The summed E-state index contributed by atoms with van der Waals surface area (Å²) in [6.45, 7) is 8.98. The molecule has 0 spiro atoms. The highest BCUT2D eigenvalue weighted by atomic mass is 14.2. The topological polar surface area (TPSA) is 0 Å². The number of benzene rings is 8. The Bertz CT molecular complexity index is 2360. The molecule has 8 rings (SSSR count). The van der Waals surface area contributed by atoms with Gasteiger partial charge in [0, 0.05) is 0 Å². The minimum absolute atomic E-state index is 1.23. The van der Waals surface area contributed by atoms with Crippen LogP contribution in [-0.4, -0.2) is 0 Å². The maximum atomic E-state index is 2.43. The molecule has 0 unspecified atom stereocenters. The van der Waals surface area contributed by atoms with Gasteiger partial charge in [0.05, 0.1) is 0 Å². The van der Waals surface area contributed by atoms with Crippen LogP contribution in [-0.2, 0) is 0 Å². The first-order chi connectivity index (χ1) is 22.5. The van der Waals surface area contributed by atoms with Crippen LogP contribution in [0.1, 0.15) is 22.3 Å². The van der Waals surface area contributed by atoms with Gasteiger partial charge in [0.2, 0.25) is 0 Å². The van der Waals surface area contributed by atoms with E-state index in [1.807, 2.05) is 0 Å². The van der Waals surface area contributed by atoms with Crippen molar-refractivity contribution in [3.8, 4) is 44.5 Å². The van der Waals surface area contributed by atoms with Crippen molar-refractivity contribution in [2.24, 2.45) is 0 Å². The lowest BCUT2D eigenvalue weighted by Gasteiger charge is -2.22. The number of rotatable bonds is 4. The molecular formula is C46H36. The summed E-state index contributed by atoms with van der Waals surface area (Å²) in [6.07, 6.45) is 0. The lowest BCUT2D eigenvalue weighted by atomic mass is 9.81. The molecule has 0 saturated carbocycles. The number of hydrogen-bond acceptors (Lipinski definition) is 0. The zero-order valence-corrected chi connectivity index (χ0v) is 26.9. The third-order valence-electron chi connectivity index (χ3n) is 9.84. The fraction of sp³-hybridized carbons (Fsp3) is 0.0870. The van der Waals surface area contributed by atoms with Crippen LogP contribution < -0.4 is 0 Å². The second kappa shape index (κ2) is 11.2. The Balaban J connectivity index is 1.55. The van der Waals surface area contributed by atoms with Crippen LogP contribution in [0.4, 0.5) is 0 Å². The molecule has 0 aliphatic heterocycles. The van der Waals surface area contributed by atoms with Crippen LogP contribution in [0.25, 0.3) is 76.8 Å². The highest BCUT2D eigenvalue weighted by Crippen LogP contribution is 2.48. The molecule has 0 aliphatic rings. The van der Waals surface area contributed by atoms with Gasteiger partial charge in [-0.2, -0.15) is 0 Å². The van der Waals surface area contributed by atoms with E-state index in [4.69, 9.17) is 0 Å². The van der Waals surface area contributed by atoms with Crippen LogP contribution in [0, 0.1) is 27.7 Å². The van der Waals surface area contributed by atoms with E-state index in [2.05, 4.69) is 173 Å². The highest BCUT2D eigenvalue weighted by Gasteiger charge is 2.21. The Morgan fingerprint density at radius 3 is 1.24 bits per heavy atom. The van der Waals surface area contributed by atoms with Crippen molar-refractivity contribution >= 4 is 32.3 Å². The molecule has 0 nitrogen and oxygen atoms in total. The van der Waals surface area contributed by atoms with Crippen molar-refractivity contribution in [2.75, 3.05) is 0 Å². The molecule has 0 N–H and O–H groups in total. The van der Waals surface area contributed by atoms with Crippen LogP contribution in [0.15, 0.2) is 146 Å². The Morgan fingerprint density at radius 2 is 0.696 bits per heavy atom. The summed E-state index contributed by atoms with van der Waals surface area (Å²) in [5, 5.41) is 7.70. The average Bonchev–Trinajstić information content (AvgIpc) is 3.09. The third-order valence-corrected chi connectivity index (χ3v) is 9.84. The quantitative estimate of drug-likeness (QED) is 0.179. The van der Waals surface area contributed by atoms with Crippen LogP contribution in [0.3, 0.4) is 0 Å². The molecule has 0 fully saturated rings. The summed E-state index contributed by atoms with van der Waals surface area (Å²) in [7, 11) is 0. The summed E-state index contributed by atoms with van der Waals surface area (Å²) in [4.78, 5) is 0. The van der Waals surface area contributed by atoms with Gasteiger partial charge >= 0.3 is 0 Å². The number of fused-ring (bicyclic) bond motifs is 3. The molecule has 0 aromatic heterocycles. The van der Waals surface area contributed by atoms with Crippen molar-refractivity contribution < 1.29 is 0 Å². The van der Waals surface area contributed by atoms with Crippen molar-refractivity contribution in [3.63, 3.8) is 0 Å². The first-order valence-corrected chi connectivity index (χ1v) is 16.2. The van der Waals surface area contributed by atoms with E-state index in [1.54, 1.807) is 0 Å². The number of aryl methyl sites for hydroxylation is 4. The van der Waals surface area contributed by atoms with E-state index in [0.29, 0.717) is 0 Å². The summed E-state index contributed by atoms with van der Waals surface area (Å²) >= 11 is 0. The van der Waals surface area contributed by atoms with E-state index in [0.717, 1.165) is 0 Å². The van der Waals surface area contributed by atoms with Gasteiger partial charge in [0.1, 0.15) is 0 Å². The molecule has 0 saturated heterocycles. The second-order valence-electron chi connectivity index (χ2n) is 12.8. The molecule has 0 aliphatic carbocycles. The average molecular weight is 589 g/mol. The van der Waals surface area contributed by atoms with Gasteiger partial charge in [-0.1, -0.05) is 127 Å². The smallest absolute Gasteiger partial charge is 0.00197 e. The molecule has 0 amide bonds. The largest absolute Gasteiger partial charge is 0.0622 e. The maximum absolute atomic E-state index is 2.43. The zero-order chi connectivity index (χ0) is 31.4. The van der Waals surface area contributed by atoms with Gasteiger partial charge in [0.25, 0.3) is 0 Å². The van der Waals surface area contributed by atoms with Gasteiger partial charge in [0.15, 0.2) is 0 Å². The monoisotopic (exact) mass is 588 g/mol. The normalized spacial score (nSPS) is 11.5. The Morgan fingerprint density at radius 1 is 0.283 bits per heavy atom. The standard InChI is InChI=1S/C46H36/c1-29-22-40-42(24-31(29)3)46(44-28-37-19-12-11-18-36(37)27-39(44)34-16-9-6-10-17-34)43-25-32(4)30(2)23-41(43)45(40)38-21-13-20-35(26-38)33-14-7-5-8-15-33/h5-28H,1-4H3. The van der Waals surface area contributed by atoms with E-state index in [9.17, 15) is 0 Å². The molecular weight excluding hydrogens is 553 g/mol. The molecule has 0 heteroatoms. The molecule has 0 heterocycles. The molecule has 8 aromatic carbocycles. The van der Waals surface area contributed by atoms with Crippen LogP contribution in [0.2, 0.25) is 0 Å². The predicted molar refractivity (Wildman–Crippen MR) is 200 cm³/mol. The first kappa shape index (κ1) is 28.0. The van der Waals surface area contributed by atoms with Gasteiger partial charge in [-0.25, -0.2) is 0 Å². The van der Waals surface area contributed by atoms with Crippen LogP contribution in [0.5, 0.6) is 0 Å². The molecule has 0 bridgehead atoms. The summed E-state index contributed by atoms with van der Waals surface area (Å²) in [5.74, 6) is 0. The van der Waals surface area contributed by atoms with E-state index in [1.165, 1.54) is 99.1 Å². The van der Waals surface area contributed by atoms with Gasteiger partial charge in [-0.3, -0.25) is 0 Å². The van der Waals surface area contributed by atoms with E-state index >= 15 is 0 Å². The lowest BCUT2D eigenvalue weighted by molar-refractivity contribution is 1.36. The predicted octanol–water partition coefficient (Wildman–Crippen LogP) is 13.0. The molecule has 220 valence electrons. The summed E-state index contributed by atoms with van der Waals surface area (Å²) in [6, 6.07) is 54.0. The van der Waals surface area contributed by atoms with Gasteiger partial charge in [-0.05, 0) is 145 Å². The Kier molecular flexibility index (Phi) is 6.80. The molecule has 8 aromatic rings. The minimum atomic E-state index is 1.23. The SMILES string of the molecule is Cc1cc2c(-c3cccc(-c4ccccc4)c3)c3cc(C)c(C)cc3c(-c3cc4ccccc4cc3-c3ccccc3)c2cc1C. The Hall–Kier alpha value is -5.46. The molecule has 0 radical (unpaired) electrons. The highest BCUT2D eigenvalue weighted by molar-refractivity contribution is 6.23. The lowest BCUT2D eigenvalue weighted by Crippen LogP contribution is -1.96.